The lowest BCUT2D eigenvalue weighted by molar-refractivity contribution is -0.123. The SMILES string of the molecule is CCOc1cc(/C=C2/NC(=O)N(Cc3ccc(F)cc3)C2=O)cc(I)c1OC. The molecule has 146 valence electrons. The van der Waals surface area contributed by atoms with Crippen molar-refractivity contribution in [2.24, 2.45) is 0 Å². The molecular formula is C20H18FIN2O4. The van der Waals surface area contributed by atoms with Gasteiger partial charge in [0.1, 0.15) is 11.5 Å². The molecule has 2 aromatic carbocycles. The summed E-state index contributed by atoms with van der Waals surface area (Å²) in [7, 11) is 1.56. The fourth-order valence-corrected chi connectivity index (χ4v) is 3.63. The van der Waals surface area contributed by atoms with E-state index in [9.17, 15) is 14.0 Å². The zero-order chi connectivity index (χ0) is 20.3. The summed E-state index contributed by atoms with van der Waals surface area (Å²) in [6.07, 6.45) is 1.59. The number of urea groups is 1. The third-order valence-corrected chi connectivity index (χ3v) is 4.86. The minimum absolute atomic E-state index is 0.0621. The van der Waals surface area contributed by atoms with Crippen LogP contribution in [0.3, 0.4) is 0 Å². The highest BCUT2D eigenvalue weighted by Gasteiger charge is 2.33. The van der Waals surface area contributed by atoms with E-state index in [1.807, 2.05) is 13.0 Å². The lowest BCUT2D eigenvalue weighted by Gasteiger charge is -2.12. The maximum atomic E-state index is 13.0. The van der Waals surface area contributed by atoms with Gasteiger partial charge in [-0.05, 0) is 71.0 Å². The third kappa shape index (κ3) is 4.27. The van der Waals surface area contributed by atoms with E-state index in [1.54, 1.807) is 19.3 Å². The second-order valence-corrected chi connectivity index (χ2v) is 7.14. The summed E-state index contributed by atoms with van der Waals surface area (Å²) in [6.45, 7) is 2.39. The van der Waals surface area contributed by atoms with Crippen LogP contribution in [0.15, 0.2) is 42.1 Å². The van der Waals surface area contributed by atoms with E-state index in [4.69, 9.17) is 9.47 Å². The molecule has 28 heavy (non-hydrogen) atoms. The molecule has 2 aromatic rings. The summed E-state index contributed by atoms with van der Waals surface area (Å²) in [6, 6.07) is 8.72. The van der Waals surface area contributed by atoms with Crippen LogP contribution in [0.25, 0.3) is 6.08 Å². The van der Waals surface area contributed by atoms with Crippen molar-refractivity contribution in [3.05, 3.63) is 62.6 Å². The van der Waals surface area contributed by atoms with Crippen molar-refractivity contribution in [1.29, 1.82) is 0 Å². The number of carbonyl (C=O) groups excluding carboxylic acids is 2. The van der Waals surface area contributed by atoms with E-state index in [1.165, 1.54) is 24.3 Å². The minimum Gasteiger partial charge on any atom is -0.492 e. The summed E-state index contributed by atoms with van der Waals surface area (Å²) >= 11 is 2.12. The molecule has 1 N–H and O–H groups in total. The first-order chi connectivity index (χ1) is 13.4. The van der Waals surface area contributed by atoms with Crippen LogP contribution in [0.5, 0.6) is 11.5 Å². The van der Waals surface area contributed by atoms with Crippen LogP contribution >= 0.6 is 22.6 Å². The minimum atomic E-state index is -0.520. The maximum Gasteiger partial charge on any atom is 0.329 e. The number of imide groups is 1. The Morgan fingerprint density at radius 2 is 1.93 bits per heavy atom. The van der Waals surface area contributed by atoms with Gasteiger partial charge in [-0.3, -0.25) is 9.69 Å². The fraction of sp³-hybridized carbons (Fsp3) is 0.200. The van der Waals surface area contributed by atoms with E-state index < -0.39 is 11.9 Å². The lowest BCUT2D eigenvalue weighted by atomic mass is 10.1. The Hall–Kier alpha value is -2.62. The first-order valence-electron chi connectivity index (χ1n) is 8.52. The second kappa shape index (κ2) is 8.59. The number of rotatable bonds is 6. The molecule has 3 amide bonds. The van der Waals surface area contributed by atoms with Crippen molar-refractivity contribution in [1.82, 2.24) is 10.2 Å². The van der Waals surface area contributed by atoms with Crippen LogP contribution in [0.1, 0.15) is 18.1 Å². The average molecular weight is 496 g/mol. The van der Waals surface area contributed by atoms with E-state index in [-0.39, 0.29) is 18.1 Å². The molecule has 0 aliphatic carbocycles. The van der Waals surface area contributed by atoms with Gasteiger partial charge in [-0.1, -0.05) is 12.1 Å². The van der Waals surface area contributed by atoms with Gasteiger partial charge in [0, 0.05) is 0 Å². The van der Waals surface area contributed by atoms with Crippen LogP contribution in [0.4, 0.5) is 9.18 Å². The van der Waals surface area contributed by atoms with Gasteiger partial charge in [-0.2, -0.15) is 0 Å². The van der Waals surface area contributed by atoms with Crippen molar-refractivity contribution in [3.63, 3.8) is 0 Å². The van der Waals surface area contributed by atoms with E-state index >= 15 is 0 Å². The number of hydrogen-bond acceptors (Lipinski definition) is 4. The number of hydrogen-bond donors (Lipinski definition) is 1. The monoisotopic (exact) mass is 496 g/mol. The van der Waals surface area contributed by atoms with Crippen molar-refractivity contribution in [2.45, 2.75) is 13.5 Å². The molecule has 0 bridgehead atoms. The van der Waals surface area contributed by atoms with Crippen LogP contribution in [-0.4, -0.2) is 30.6 Å². The molecule has 0 unspecified atom stereocenters. The zero-order valence-corrected chi connectivity index (χ0v) is 17.4. The Morgan fingerprint density at radius 3 is 2.57 bits per heavy atom. The smallest absolute Gasteiger partial charge is 0.329 e. The molecule has 0 saturated carbocycles. The second-order valence-electron chi connectivity index (χ2n) is 5.97. The van der Waals surface area contributed by atoms with Gasteiger partial charge in [0.05, 0.1) is 23.8 Å². The Kier molecular flexibility index (Phi) is 6.18. The predicted molar refractivity (Wildman–Crippen MR) is 110 cm³/mol. The summed E-state index contributed by atoms with van der Waals surface area (Å²) < 4.78 is 24.8. The largest absolute Gasteiger partial charge is 0.492 e. The van der Waals surface area contributed by atoms with Gasteiger partial charge in [-0.25, -0.2) is 9.18 Å². The van der Waals surface area contributed by atoms with Crippen LogP contribution < -0.4 is 14.8 Å². The van der Waals surface area contributed by atoms with Gasteiger partial charge in [0.2, 0.25) is 0 Å². The molecule has 1 fully saturated rings. The highest BCUT2D eigenvalue weighted by Crippen LogP contribution is 2.34. The molecule has 0 radical (unpaired) electrons. The van der Waals surface area contributed by atoms with Crippen LogP contribution in [0.2, 0.25) is 0 Å². The van der Waals surface area contributed by atoms with Gasteiger partial charge >= 0.3 is 6.03 Å². The number of amides is 3. The Balaban J connectivity index is 1.86. The molecule has 1 heterocycles. The number of halogens is 2. The van der Waals surface area contributed by atoms with E-state index in [0.29, 0.717) is 29.2 Å². The van der Waals surface area contributed by atoms with Gasteiger partial charge in [-0.15, -0.1) is 0 Å². The molecule has 0 spiro atoms. The highest BCUT2D eigenvalue weighted by molar-refractivity contribution is 14.1. The summed E-state index contributed by atoms with van der Waals surface area (Å²) in [5.41, 5.74) is 1.51. The quantitative estimate of drug-likeness (QED) is 0.374. The van der Waals surface area contributed by atoms with Crippen molar-refractivity contribution < 1.29 is 23.5 Å². The van der Waals surface area contributed by atoms with Crippen molar-refractivity contribution in [3.8, 4) is 11.5 Å². The molecular weight excluding hydrogens is 478 g/mol. The predicted octanol–water partition coefficient (Wildman–Crippen LogP) is 3.93. The maximum absolute atomic E-state index is 13.0. The Bertz CT molecular complexity index is 944. The Morgan fingerprint density at radius 1 is 1.21 bits per heavy atom. The molecule has 0 aromatic heterocycles. The summed E-state index contributed by atoms with van der Waals surface area (Å²) in [5.74, 6) is 0.354. The normalized spacial score (nSPS) is 15.1. The van der Waals surface area contributed by atoms with E-state index in [2.05, 4.69) is 27.9 Å². The van der Waals surface area contributed by atoms with Crippen LogP contribution in [-0.2, 0) is 11.3 Å². The lowest BCUT2D eigenvalue weighted by Crippen LogP contribution is -2.30. The first-order valence-corrected chi connectivity index (χ1v) is 9.60. The molecule has 1 aliphatic heterocycles. The third-order valence-electron chi connectivity index (χ3n) is 4.06. The average Bonchev–Trinajstić information content (AvgIpc) is 2.91. The van der Waals surface area contributed by atoms with E-state index in [0.717, 1.165) is 8.47 Å². The number of methoxy groups -OCH3 is 1. The number of nitrogens with zero attached hydrogens (tertiary/aromatic N) is 1. The molecule has 1 saturated heterocycles. The number of nitrogens with one attached hydrogen (secondary N) is 1. The first kappa shape index (κ1) is 20.1. The topological polar surface area (TPSA) is 67.9 Å². The molecule has 3 rings (SSSR count). The standard InChI is InChI=1S/C20H18FIN2O4/c1-3-28-17-10-13(8-15(22)18(17)27-2)9-16-19(25)24(20(26)23-16)11-12-4-6-14(21)7-5-12/h4-10H,3,11H2,1-2H3,(H,23,26)/b16-9+. The van der Waals surface area contributed by atoms with Crippen molar-refractivity contribution in [2.75, 3.05) is 13.7 Å². The zero-order valence-electron chi connectivity index (χ0n) is 15.3. The number of benzene rings is 2. The molecule has 6 nitrogen and oxygen atoms in total. The fourth-order valence-electron chi connectivity index (χ4n) is 2.79. The molecule has 0 atom stereocenters. The van der Waals surface area contributed by atoms with Crippen LogP contribution in [0, 0.1) is 9.39 Å². The highest BCUT2D eigenvalue weighted by atomic mass is 127. The number of ether oxygens (including phenoxy) is 2. The summed E-state index contributed by atoms with van der Waals surface area (Å²) in [4.78, 5) is 26.0. The van der Waals surface area contributed by atoms with Crippen molar-refractivity contribution >= 4 is 40.6 Å². The Labute approximate surface area is 175 Å². The summed E-state index contributed by atoms with van der Waals surface area (Å²) in [5, 5.41) is 2.58. The van der Waals surface area contributed by atoms with Gasteiger partial charge in [0.25, 0.3) is 5.91 Å². The number of carbonyl (C=O) groups is 2. The molecule has 1 aliphatic rings. The van der Waals surface area contributed by atoms with Gasteiger partial charge in [0.15, 0.2) is 11.5 Å². The molecule has 8 heteroatoms. The van der Waals surface area contributed by atoms with Gasteiger partial charge < -0.3 is 14.8 Å².